The third-order valence-corrected chi connectivity index (χ3v) is 3.71. The van der Waals surface area contributed by atoms with E-state index in [9.17, 15) is 0 Å². The van der Waals surface area contributed by atoms with Crippen molar-refractivity contribution in [3.05, 3.63) is 28.0 Å². The number of thiazole rings is 1. The average Bonchev–Trinajstić information content (AvgIpc) is 2.69. The molecule has 0 N–H and O–H groups in total. The summed E-state index contributed by atoms with van der Waals surface area (Å²) in [5.41, 5.74) is 4.60. The minimum Gasteiger partial charge on any atom is -0.288 e. The molecule has 2 nitrogen and oxygen atoms in total. The smallest absolute Gasteiger partial charge is 0.194 e. The number of imidazole rings is 1. The molecule has 2 aromatic heterocycles. The van der Waals surface area contributed by atoms with E-state index in [4.69, 9.17) is 11.6 Å². The van der Waals surface area contributed by atoms with Gasteiger partial charge in [-0.25, -0.2) is 4.98 Å². The van der Waals surface area contributed by atoms with Gasteiger partial charge in [0.2, 0.25) is 0 Å². The highest BCUT2D eigenvalue weighted by atomic mass is 35.5. The first kappa shape index (κ1) is 10.7. The number of aryl methyl sites for hydroxylation is 2. The second-order valence-electron chi connectivity index (χ2n) is 3.70. The van der Waals surface area contributed by atoms with Crippen LogP contribution in [0.3, 0.4) is 0 Å². The molecule has 0 saturated heterocycles. The molecule has 4 heteroatoms. The molecule has 2 aromatic rings. The van der Waals surface area contributed by atoms with Gasteiger partial charge >= 0.3 is 0 Å². The maximum Gasteiger partial charge on any atom is 0.194 e. The van der Waals surface area contributed by atoms with Crippen molar-refractivity contribution in [2.45, 2.75) is 20.8 Å². The fourth-order valence-electron chi connectivity index (χ4n) is 1.57. The first-order valence-corrected chi connectivity index (χ1v) is 6.21. The van der Waals surface area contributed by atoms with Gasteiger partial charge in [0.15, 0.2) is 4.96 Å². The van der Waals surface area contributed by atoms with E-state index >= 15 is 0 Å². The van der Waals surface area contributed by atoms with Crippen molar-refractivity contribution in [3.8, 4) is 0 Å². The molecule has 80 valence electrons. The van der Waals surface area contributed by atoms with E-state index in [-0.39, 0.29) is 0 Å². The fourth-order valence-corrected chi connectivity index (χ4v) is 2.56. The van der Waals surface area contributed by atoms with Crippen molar-refractivity contribution in [3.63, 3.8) is 0 Å². The highest BCUT2D eigenvalue weighted by Crippen LogP contribution is 2.22. The van der Waals surface area contributed by atoms with Crippen LogP contribution in [0.15, 0.2) is 11.0 Å². The van der Waals surface area contributed by atoms with Crippen molar-refractivity contribution >= 4 is 34.0 Å². The second kappa shape index (κ2) is 3.99. The number of nitrogens with zero attached hydrogens (tertiary/aromatic N) is 2. The Hall–Kier alpha value is -0.800. The van der Waals surface area contributed by atoms with Gasteiger partial charge in [0.05, 0.1) is 11.4 Å². The third kappa shape index (κ3) is 1.82. The Bertz CT molecular complexity index is 522. The maximum atomic E-state index is 5.79. The average molecular weight is 241 g/mol. The summed E-state index contributed by atoms with van der Waals surface area (Å²) in [5, 5.41) is 2.12. The van der Waals surface area contributed by atoms with Crippen LogP contribution in [-0.4, -0.2) is 15.3 Å². The van der Waals surface area contributed by atoms with Crippen LogP contribution in [0.2, 0.25) is 0 Å². The lowest BCUT2D eigenvalue weighted by Gasteiger charge is -1.98. The summed E-state index contributed by atoms with van der Waals surface area (Å²) in [6, 6.07) is 0. The molecule has 0 atom stereocenters. The summed E-state index contributed by atoms with van der Waals surface area (Å²) < 4.78 is 2.18. The predicted molar refractivity (Wildman–Crippen MR) is 66.9 cm³/mol. The molecule has 0 saturated carbocycles. The summed E-state index contributed by atoms with van der Waals surface area (Å²) in [7, 11) is 0. The van der Waals surface area contributed by atoms with Gasteiger partial charge in [-0.3, -0.25) is 4.40 Å². The summed E-state index contributed by atoms with van der Waals surface area (Å²) >= 11 is 7.46. The van der Waals surface area contributed by atoms with E-state index in [2.05, 4.69) is 27.8 Å². The van der Waals surface area contributed by atoms with E-state index in [0.717, 1.165) is 21.9 Å². The minimum atomic E-state index is 0.565. The van der Waals surface area contributed by atoms with Gasteiger partial charge in [-0.15, -0.1) is 22.9 Å². The number of aromatic nitrogens is 2. The first-order chi connectivity index (χ1) is 7.13. The second-order valence-corrected chi connectivity index (χ2v) is 4.81. The van der Waals surface area contributed by atoms with Gasteiger partial charge in [-0.1, -0.05) is 5.57 Å². The molecular weight excluding hydrogens is 228 g/mol. The summed E-state index contributed by atoms with van der Waals surface area (Å²) in [5.74, 6) is 0.565. The quantitative estimate of drug-likeness (QED) is 0.733. The standard InChI is InChI=1S/C11H13ClN2S/c1-7(5-12)4-10-9(3)13-11-14(10)8(2)6-15-11/h4,6H,5H2,1-3H3. The van der Waals surface area contributed by atoms with Crippen LogP contribution >= 0.6 is 22.9 Å². The summed E-state index contributed by atoms with van der Waals surface area (Å²) in [6.45, 7) is 6.16. The van der Waals surface area contributed by atoms with E-state index < -0.39 is 0 Å². The zero-order chi connectivity index (χ0) is 11.0. The number of hydrogen-bond acceptors (Lipinski definition) is 2. The van der Waals surface area contributed by atoms with E-state index in [1.54, 1.807) is 11.3 Å². The SMILES string of the molecule is CC(=Cc1c(C)nc2scc(C)n12)CCl. The molecule has 0 aliphatic rings. The van der Waals surface area contributed by atoms with Crippen molar-refractivity contribution in [1.29, 1.82) is 0 Å². The lowest BCUT2D eigenvalue weighted by Crippen LogP contribution is -1.90. The third-order valence-electron chi connectivity index (χ3n) is 2.35. The monoisotopic (exact) mass is 240 g/mol. The van der Waals surface area contributed by atoms with E-state index in [0.29, 0.717) is 5.88 Å². The normalized spacial score (nSPS) is 12.7. The molecule has 0 unspecified atom stereocenters. The van der Waals surface area contributed by atoms with Crippen molar-refractivity contribution in [2.24, 2.45) is 0 Å². The topological polar surface area (TPSA) is 17.3 Å². The number of alkyl halides is 1. The molecule has 2 rings (SSSR count). The fraction of sp³-hybridized carbons (Fsp3) is 0.364. The molecule has 0 aliphatic heterocycles. The molecule has 0 aliphatic carbocycles. The van der Waals surface area contributed by atoms with Crippen LogP contribution in [-0.2, 0) is 0 Å². The van der Waals surface area contributed by atoms with Crippen LogP contribution in [0.1, 0.15) is 24.0 Å². The van der Waals surface area contributed by atoms with Crippen LogP contribution < -0.4 is 0 Å². The Morgan fingerprint density at radius 2 is 2.33 bits per heavy atom. The van der Waals surface area contributed by atoms with Gasteiger partial charge in [0, 0.05) is 17.0 Å². The van der Waals surface area contributed by atoms with Crippen molar-refractivity contribution < 1.29 is 0 Å². The molecule has 0 fully saturated rings. The Morgan fingerprint density at radius 1 is 1.60 bits per heavy atom. The molecule has 0 radical (unpaired) electrons. The Morgan fingerprint density at radius 3 is 3.00 bits per heavy atom. The predicted octanol–water partition coefficient (Wildman–Crippen LogP) is 3.65. The molecule has 15 heavy (non-hydrogen) atoms. The van der Waals surface area contributed by atoms with E-state index in [1.807, 2.05) is 13.8 Å². The number of allylic oxidation sites excluding steroid dienone is 1. The van der Waals surface area contributed by atoms with Gasteiger partial charge in [0.1, 0.15) is 0 Å². The largest absolute Gasteiger partial charge is 0.288 e. The summed E-state index contributed by atoms with van der Waals surface area (Å²) in [6.07, 6.45) is 2.11. The maximum absolute atomic E-state index is 5.79. The van der Waals surface area contributed by atoms with Gasteiger partial charge in [-0.2, -0.15) is 0 Å². The lowest BCUT2D eigenvalue weighted by atomic mass is 10.2. The van der Waals surface area contributed by atoms with Gasteiger partial charge in [0.25, 0.3) is 0 Å². The van der Waals surface area contributed by atoms with Crippen molar-refractivity contribution in [2.75, 3.05) is 5.88 Å². The Balaban J connectivity index is 2.67. The molecule has 2 heterocycles. The molecule has 0 spiro atoms. The zero-order valence-corrected chi connectivity index (χ0v) is 10.6. The van der Waals surface area contributed by atoms with Crippen molar-refractivity contribution in [1.82, 2.24) is 9.38 Å². The highest BCUT2D eigenvalue weighted by Gasteiger charge is 2.09. The first-order valence-electron chi connectivity index (χ1n) is 4.79. The number of halogens is 1. The van der Waals surface area contributed by atoms with E-state index in [1.165, 1.54) is 5.69 Å². The number of fused-ring (bicyclic) bond motifs is 1. The number of rotatable bonds is 2. The molecule has 0 aromatic carbocycles. The molecule has 0 bridgehead atoms. The van der Waals surface area contributed by atoms with Crippen LogP contribution in [0.4, 0.5) is 0 Å². The number of hydrogen-bond donors (Lipinski definition) is 0. The zero-order valence-electron chi connectivity index (χ0n) is 9.04. The van der Waals surface area contributed by atoms with Crippen LogP contribution in [0, 0.1) is 13.8 Å². The Labute approximate surface area is 98.2 Å². The molecule has 0 amide bonds. The molecular formula is C11H13ClN2S. The van der Waals surface area contributed by atoms with Crippen LogP contribution in [0.5, 0.6) is 0 Å². The highest BCUT2D eigenvalue weighted by molar-refractivity contribution is 7.15. The Kier molecular flexibility index (Phi) is 2.85. The van der Waals surface area contributed by atoms with Gasteiger partial charge in [-0.05, 0) is 26.8 Å². The summed E-state index contributed by atoms with van der Waals surface area (Å²) in [4.78, 5) is 5.57. The minimum absolute atomic E-state index is 0.565. The van der Waals surface area contributed by atoms with Gasteiger partial charge < -0.3 is 0 Å². The van der Waals surface area contributed by atoms with Crippen LogP contribution in [0.25, 0.3) is 11.0 Å². The lowest BCUT2D eigenvalue weighted by molar-refractivity contribution is 1.10.